The van der Waals surface area contributed by atoms with Gasteiger partial charge in [-0.2, -0.15) is 5.26 Å². The molecule has 1 heterocycles. The van der Waals surface area contributed by atoms with Crippen LogP contribution in [0.1, 0.15) is 16.1 Å². The zero-order valence-corrected chi connectivity index (χ0v) is 10.3. The van der Waals surface area contributed by atoms with Crippen LogP contribution < -0.4 is 4.74 Å². The SMILES string of the molecule is COC(=O)c1cncc(Oc2cccc(F)c2C#N)n1. The van der Waals surface area contributed by atoms with Gasteiger partial charge in [0.05, 0.1) is 19.5 Å². The Bertz CT molecular complexity index is 698. The normalized spacial score (nSPS) is 9.65. The van der Waals surface area contributed by atoms with E-state index in [1.54, 1.807) is 6.07 Å². The highest BCUT2D eigenvalue weighted by atomic mass is 19.1. The number of esters is 1. The smallest absolute Gasteiger partial charge is 0.358 e. The van der Waals surface area contributed by atoms with Crippen molar-refractivity contribution in [1.29, 1.82) is 5.26 Å². The molecular weight excluding hydrogens is 265 g/mol. The Morgan fingerprint density at radius 3 is 2.90 bits per heavy atom. The number of carbonyl (C=O) groups excluding carboxylic acids is 1. The molecule has 0 saturated heterocycles. The zero-order chi connectivity index (χ0) is 14.5. The van der Waals surface area contributed by atoms with Gasteiger partial charge < -0.3 is 9.47 Å². The van der Waals surface area contributed by atoms with E-state index in [9.17, 15) is 9.18 Å². The number of rotatable bonds is 3. The topological polar surface area (TPSA) is 85.1 Å². The minimum Gasteiger partial charge on any atom is -0.464 e. The molecule has 0 atom stereocenters. The van der Waals surface area contributed by atoms with Crippen LogP contribution in [0.15, 0.2) is 30.6 Å². The van der Waals surface area contributed by atoms with Crippen molar-refractivity contribution in [2.75, 3.05) is 7.11 Å². The van der Waals surface area contributed by atoms with E-state index in [1.165, 1.54) is 31.6 Å². The first-order chi connectivity index (χ1) is 9.65. The van der Waals surface area contributed by atoms with Crippen molar-refractivity contribution in [1.82, 2.24) is 9.97 Å². The Labute approximate surface area is 113 Å². The molecular formula is C13H8FN3O3. The predicted octanol–water partition coefficient (Wildman–Crippen LogP) is 2.07. The quantitative estimate of drug-likeness (QED) is 0.796. The molecule has 6 nitrogen and oxygen atoms in total. The number of halogens is 1. The summed E-state index contributed by atoms with van der Waals surface area (Å²) in [7, 11) is 1.21. The number of aromatic nitrogens is 2. The van der Waals surface area contributed by atoms with E-state index in [1.807, 2.05) is 0 Å². The van der Waals surface area contributed by atoms with Crippen LogP contribution in [0.4, 0.5) is 4.39 Å². The molecule has 0 spiro atoms. The third-order valence-corrected chi connectivity index (χ3v) is 2.31. The molecule has 0 aliphatic rings. The van der Waals surface area contributed by atoms with Gasteiger partial charge in [-0.1, -0.05) is 6.07 Å². The lowest BCUT2D eigenvalue weighted by Gasteiger charge is -2.07. The Kier molecular flexibility index (Phi) is 3.86. The Hall–Kier alpha value is -3.01. The van der Waals surface area contributed by atoms with Crippen LogP contribution >= 0.6 is 0 Å². The minimum absolute atomic E-state index is 0.0104. The molecule has 1 aromatic heterocycles. The molecule has 0 radical (unpaired) electrons. The van der Waals surface area contributed by atoms with E-state index >= 15 is 0 Å². The number of hydrogen-bond acceptors (Lipinski definition) is 6. The Morgan fingerprint density at radius 2 is 2.20 bits per heavy atom. The molecule has 0 amide bonds. The van der Waals surface area contributed by atoms with Gasteiger partial charge in [0.1, 0.15) is 23.2 Å². The van der Waals surface area contributed by atoms with Crippen LogP contribution in [-0.4, -0.2) is 23.0 Å². The minimum atomic E-state index is -0.706. The maximum Gasteiger partial charge on any atom is 0.358 e. The monoisotopic (exact) mass is 273 g/mol. The highest BCUT2D eigenvalue weighted by Gasteiger charge is 2.13. The van der Waals surface area contributed by atoms with Gasteiger partial charge >= 0.3 is 5.97 Å². The number of methoxy groups -OCH3 is 1. The van der Waals surface area contributed by atoms with Crippen LogP contribution in [-0.2, 0) is 4.74 Å². The summed E-state index contributed by atoms with van der Waals surface area (Å²) in [6.07, 6.45) is 2.44. The number of hydrogen-bond donors (Lipinski definition) is 0. The van der Waals surface area contributed by atoms with Crippen LogP contribution in [0.25, 0.3) is 0 Å². The standard InChI is InChI=1S/C13H8FN3O3/c1-19-13(18)10-6-16-7-12(17-10)20-11-4-2-3-9(14)8(11)5-15/h2-4,6-7H,1H3. The largest absolute Gasteiger partial charge is 0.464 e. The molecule has 7 heteroatoms. The molecule has 0 unspecified atom stereocenters. The molecule has 100 valence electrons. The number of nitriles is 1. The maximum atomic E-state index is 13.4. The van der Waals surface area contributed by atoms with E-state index < -0.39 is 11.8 Å². The lowest BCUT2D eigenvalue weighted by molar-refractivity contribution is 0.0592. The third-order valence-electron chi connectivity index (χ3n) is 2.31. The summed E-state index contributed by atoms with van der Waals surface area (Å²) in [5, 5.41) is 8.88. The van der Waals surface area contributed by atoms with E-state index in [-0.39, 0.29) is 22.9 Å². The summed E-state index contributed by atoms with van der Waals surface area (Å²) in [4.78, 5) is 18.9. The van der Waals surface area contributed by atoms with Crippen LogP contribution in [0.3, 0.4) is 0 Å². The lowest BCUT2D eigenvalue weighted by atomic mass is 10.2. The van der Waals surface area contributed by atoms with Crippen LogP contribution in [0.2, 0.25) is 0 Å². The van der Waals surface area contributed by atoms with Gasteiger partial charge in [0, 0.05) is 0 Å². The van der Waals surface area contributed by atoms with Crippen molar-refractivity contribution < 1.29 is 18.7 Å². The van der Waals surface area contributed by atoms with Gasteiger partial charge in [0.2, 0.25) is 5.88 Å². The average molecular weight is 273 g/mol. The van der Waals surface area contributed by atoms with Gasteiger partial charge in [0.25, 0.3) is 0 Å². The van der Waals surface area contributed by atoms with Gasteiger partial charge in [-0.25, -0.2) is 14.2 Å². The Morgan fingerprint density at radius 1 is 1.40 bits per heavy atom. The molecule has 20 heavy (non-hydrogen) atoms. The summed E-state index contributed by atoms with van der Waals surface area (Å²) >= 11 is 0. The lowest BCUT2D eigenvalue weighted by Crippen LogP contribution is -2.05. The molecule has 1 aromatic carbocycles. The first kappa shape index (κ1) is 13.4. The van der Waals surface area contributed by atoms with Crippen molar-refractivity contribution in [3.63, 3.8) is 0 Å². The van der Waals surface area contributed by atoms with Crippen molar-refractivity contribution in [3.8, 4) is 17.7 Å². The second kappa shape index (κ2) is 5.75. The molecule has 0 aliphatic heterocycles. The first-order valence-electron chi connectivity index (χ1n) is 5.42. The number of benzene rings is 1. The molecule has 0 saturated carbocycles. The maximum absolute atomic E-state index is 13.4. The summed E-state index contributed by atoms with van der Waals surface area (Å²) in [5.74, 6) is -1.44. The molecule has 0 N–H and O–H groups in total. The summed E-state index contributed by atoms with van der Waals surface area (Å²) in [5.41, 5.74) is -0.308. The van der Waals surface area contributed by atoms with Gasteiger partial charge in [-0.3, -0.25) is 4.98 Å². The first-order valence-corrected chi connectivity index (χ1v) is 5.42. The van der Waals surface area contributed by atoms with Gasteiger partial charge in [0.15, 0.2) is 5.69 Å². The van der Waals surface area contributed by atoms with Crippen LogP contribution in [0.5, 0.6) is 11.6 Å². The molecule has 0 fully saturated rings. The molecule has 0 aliphatic carbocycles. The van der Waals surface area contributed by atoms with Crippen molar-refractivity contribution >= 4 is 5.97 Å². The van der Waals surface area contributed by atoms with Crippen molar-refractivity contribution in [2.24, 2.45) is 0 Å². The Balaban J connectivity index is 2.34. The fourth-order valence-electron chi connectivity index (χ4n) is 1.41. The fourth-order valence-corrected chi connectivity index (χ4v) is 1.41. The second-order valence-corrected chi connectivity index (χ2v) is 3.56. The van der Waals surface area contributed by atoms with Crippen molar-refractivity contribution in [2.45, 2.75) is 0 Å². The fraction of sp³-hybridized carbons (Fsp3) is 0.0769. The molecule has 0 bridgehead atoms. The number of ether oxygens (including phenoxy) is 2. The summed E-state index contributed by atoms with van der Waals surface area (Å²) in [6, 6.07) is 5.64. The predicted molar refractivity (Wildman–Crippen MR) is 64.6 cm³/mol. The van der Waals surface area contributed by atoms with Crippen LogP contribution in [0, 0.1) is 17.1 Å². The van der Waals surface area contributed by atoms with Gasteiger partial charge in [-0.15, -0.1) is 0 Å². The zero-order valence-electron chi connectivity index (χ0n) is 10.3. The number of nitrogens with zero attached hydrogens (tertiary/aromatic N) is 3. The average Bonchev–Trinajstić information content (AvgIpc) is 2.47. The summed E-state index contributed by atoms with van der Waals surface area (Å²) in [6.45, 7) is 0. The van der Waals surface area contributed by atoms with Gasteiger partial charge in [-0.05, 0) is 12.1 Å². The van der Waals surface area contributed by atoms with E-state index in [2.05, 4.69) is 14.7 Å². The molecule has 2 rings (SSSR count). The second-order valence-electron chi connectivity index (χ2n) is 3.56. The third kappa shape index (κ3) is 2.70. The van der Waals surface area contributed by atoms with E-state index in [4.69, 9.17) is 10.00 Å². The van der Waals surface area contributed by atoms with E-state index in [0.29, 0.717) is 0 Å². The molecule has 2 aromatic rings. The van der Waals surface area contributed by atoms with E-state index in [0.717, 1.165) is 6.07 Å². The number of carbonyl (C=O) groups is 1. The van der Waals surface area contributed by atoms with Crippen molar-refractivity contribution in [3.05, 3.63) is 47.7 Å². The highest BCUT2D eigenvalue weighted by Crippen LogP contribution is 2.25. The highest BCUT2D eigenvalue weighted by molar-refractivity contribution is 5.86. The summed E-state index contributed by atoms with van der Waals surface area (Å²) < 4.78 is 23.2.